The maximum Gasteiger partial charge on any atom is 0.181 e. The van der Waals surface area contributed by atoms with E-state index in [2.05, 4.69) is 121 Å². The van der Waals surface area contributed by atoms with Crippen molar-refractivity contribution in [1.29, 1.82) is 0 Å². The van der Waals surface area contributed by atoms with E-state index >= 15 is 0 Å². The first-order chi connectivity index (χ1) is 20.3. The molecule has 6 nitrogen and oxygen atoms in total. The summed E-state index contributed by atoms with van der Waals surface area (Å²) in [5.74, 6) is 0. The number of nitrogens with one attached hydrogen (secondary N) is 3. The molecule has 6 aromatic rings. The lowest BCUT2D eigenvalue weighted by atomic mass is 10.1. The molecule has 3 heterocycles. The standard InChI is InChI=1S/C12H15NS.C11H14N2O.C11H14N2S/c1-9(2)13-8-10-3-4-12-11(7-10)5-6-14-12;2*1-8(2)12-6-9-3-4-11-10(5-9)13-7-14-11/h3-7,9,13H,8H2,1-2H3;2*3-5,7-8,12H,6H2,1-2H3. The van der Waals surface area contributed by atoms with E-state index in [1.807, 2.05) is 17.6 Å². The minimum absolute atomic E-state index is 0.503. The van der Waals surface area contributed by atoms with E-state index in [4.69, 9.17) is 4.42 Å². The summed E-state index contributed by atoms with van der Waals surface area (Å²) >= 11 is 3.49. The van der Waals surface area contributed by atoms with Gasteiger partial charge in [0.25, 0.3) is 0 Å². The Hall–Kier alpha value is -3.14. The van der Waals surface area contributed by atoms with Gasteiger partial charge in [-0.25, -0.2) is 9.97 Å². The third-order valence-corrected chi connectivity index (χ3v) is 8.16. The van der Waals surface area contributed by atoms with Crippen molar-refractivity contribution in [3.05, 3.63) is 94.6 Å². The molecule has 6 rings (SSSR count). The van der Waals surface area contributed by atoms with Crippen molar-refractivity contribution < 1.29 is 4.42 Å². The predicted molar refractivity (Wildman–Crippen MR) is 181 cm³/mol. The molecular formula is C34H43N5OS2. The lowest BCUT2D eigenvalue weighted by Gasteiger charge is -2.07. The first-order valence-electron chi connectivity index (χ1n) is 14.6. The average Bonchev–Trinajstić information content (AvgIpc) is 3.74. The zero-order valence-electron chi connectivity index (χ0n) is 25.5. The number of nitrogens with zero attached hydrogens (tertiary/aromatic N) is 2. The number of oxazole rings is 1. The zero-order chi connectivity index (χ0) is 29.9. The van der Waals surface area contributed by atoms with Crippen LogP contribution in [-0.2, 0) is 19.6 Å². The molecule has 3 aromatic carbocycles. The van der Waals surface area contributed by atoms with Crippen LogP contribution in [-0.4, -0.2) is 28.1 Å². The number of hydrogen-bond donors (Lipinski definition) is 3. The Bertz CT molecular complexity index is 1450. The monoisotopic (exact) mass is 601 g/mol. The second-order valence-corrected chi connectivity index (χ2v) is 13.0. The summed E-state index contributed by atoms with van der Waals surface area (Å²) in [5.41, 5.74) is 8.68. The van der Waals surface area contributed by atoms with Gasteiger partial charge >= 0.3 is 0 Å². The first kappa shape index (κ1) is 31.8. The van der Waals surface area contributed by atoms with Gasteiger partial charge in [0.05, 0.1) is 15.7 Å². The fourth-order valence-electron chi connectivity index (χ4n) is 4.12. The molecule has 0 atom stereocenters. The number of benzene rings is 3. The van der Waals surface area contributed by atoms with Crippen molar-refractivity contribution >= 4 is 54.1 Å². The van der Waals surface area contributed by atoms with E-state index in [1.165, 1.54) is 37.9 Å². The molecule has 0 aliphatic heterocycles. The molecule has 0 unspecified atom stereocenters. The van der Waals surface area contributed by atoms with Crippen LogP contribution in [0.5, 0.6) is 0 Å². The van der Waals surface area contributed by atoms with E-state index in [0.29, 0.717) is 18.1 Å². The quantitative estimate of drug-likeness (QED) is 0.154. The Morgan fingerprint density at radius 3 is 1.83 bits per heavy atom. The van der Waals surface area contributed by atoms with Gasteiger partial charge in [-0.3, -0.25) is 0 Å². The summed E-state index contributed by atoms with van der Waals surface area (Å²) in [7, 11) is 0. The van der Waals surface area contributed by atoms with Crippen LogP contribution in [0.25, 0.3) is 31.4 Å². The predicted octanol–water partition coefficient (Wildman–Crippen LogP) is 8.52. The van der Waals surface area contributed by atoms with Crippen LogP contribution in [0.1, 0.15) is 58.2 Å². The van der Waals surface area contributed by atoms with Gasteiger partial charge in [-0.05, 0) is 69.9 Å². The lowest BCUT2D eigenvalue weighted by Crippen LogP contribution is -2.21. The van der Waals surface area contributed by atoms with Crippen LogP contribution < -0.4 is 16.0 Å². The minimum Gasteiger partial charge on any atom is -0.443 e. The number of fused-ring (bicyclic) bond motifs is 3. The highest BCUT2D eigenvalue weighted by Crippen LogP contribution is 2.22. The van der Waals surface area contributed by atoms with Gasteiger partial charge in [0.15, 0.2) is 12.0 Å². The van der Waals surface area contributed by atoms with Crippen molar-refractivity contribution in [2.45, 2.75) is 79.3 Å². The van der Waals surface area contributed by atoms with Crippen LogP contribution in [0.2, 0.25) is 0 Å². The van der Waals surface area contributed by atoms with E-state index < -0.39 is 0 Å². The van der Waals surface area contributed by atoms with Crippen LogP contribution in [0, 0.1) is 0 Å². The molecule has 0 bridgehead atoms. The molecule has 0 fully saturated rings. The van der Waals surface area contributed by atoms with Crippen molar-refractivity contribution in [1.82, 2.24) is 25.9 Å². The molecule has 0 radical (unpaired) electrons. The topological polar surface area (TPSA) is 75.0 Å². The van der Waals surface area contributed by atoms with E-state index in [0.717, 1.165) is 36.3 Å². The largest absolute Gasteiger partial charge is 0.443 e. The van der Waals surface area contributed by atoms with Crippen molar-refractivity contribution in [3.63, 3.8) is 0 Å². The Morgan fingerprint density at radius 1 is 0.619 bits per heavy atom. The third-order valence-electron chi connectivity index (χ3n) is 6.45. The van der Waals surface area contributed by atoms with Gasteiger partial charge in [0.1, 0.15) is 5.52 Å². The number of thiazole rings is 1. The molecular weight excluding hydrogens is 559 g/mol. The van der Waals surface area contributed by atoms with E-state index in [-0.39, 0.29) is 0 Å². The fraction of sp³-hybridized carbons (Fsp3) is 0.353. The second-order valence-electron chi connectivity index (χ2n) is 11.2. The van der Waals surface area contributed by atoms with Gasteiger partial charge in [-0.2, -0.15) is 0 Å². The van der Waals surface area contributed by atoms with Crippen molar-refractivity contribution in [2.24, 2.45) is 0 Å². The van der Waals surface area contributed by atoms with Gasteiger partial charge in [-0.15, -0.1) is 22.7 Å². The Kier molecular flexibility index (Phi) is 12.0. The molecule has 0 saturated heterocycles. The Morgan fingerprint density at radius 2 is 1.19 bits per heavy atom. The summed E-state index contributed by atoms with van der Waals surface area (Å²) in [6, 6.07) is 23.0. The van der Waals surface area contributed by atoms with Gasteiger partial charge < -0.3 is 20.4 Å². The van der Waals surface area contributed by atoms with Crippen molar-refractivity contribution in [3.8, 4) is 0 Å². The van der Waals surface area contributed by atoms with Crippen LogP contribution in [0.3, 0.4) is 0 Å². The highest BCUT2D eigenvalue weighted by Gasteiger charge is 2.02. The summed E-state index contributed by atoms with van der Waals surface area (Å²) < 4.78 is 7.80. The molecule has 0 aliphatic rings. The first-order valence-corrected chi connectivity index (χ1v) is 16.3. The number of rotatable bonds is 9. The van der Waals surface area contributed by atoms with Gasteiger partial charge in [0.2, 0.25) is 0 Å². The average molecular weight is 602 g/mol. The van der Waals surface area contributed by atoms with E-state index in [1.54, 1.807) is 22.7 Å². The molecule has 3 N–H and O–H groups in total. The lowest BCUT2D eigenvalue weighted by molar-refractivity contribution is 0.588. The molecule has 0 saturated carbocycles. The highest BCUT2D eigenvalue weighted by molar-refractivity contribution is 7.17. The second kappa shape index (κ2) is 15.9. The van der Waals surface area contributed by atoms with Gasteiger partial charge in [-0.1, -0.05) is 59.7 Å². The summed E-state index contributed by atoms with van der Waals surface area (Å²) in [6.07, 6.45) is 1.48. The van der Waals surface area contributed by atoms with Crippen molar-refractivity contribution in [2.75, 3.05) is 0 Å². The highest BCUT2D eigenvalue weighted by atomic mass is 32.1. The summed E-state index contributed by atoms with van der Waals surface area (Å²) in [6.45, 7) is 15.7. The SMILES string of the molecule is CC(C)NCc1ccc2ocnc2c1.CC(C)NCc1ccc2sccc2c1.CC(C)NCc1ccc2scnc2c1. The molecule has 0 spiro atoms. The number of thiophene rings is 1. The van der Waals surface area contributed by atoms with Crippen LogP contribution >= 0.6 is 22.7 Å². The Balaban J connectivity index is 0.000000145. The van der Waals surface area contributed by atoms with Crippen LogP contribution in [0.4, 0.5) is 0 Å². The fourth-order valence-corrected chi connectivity index (χ4v) is 5.55. The summed E-state index contributed by atoms with van der Waals surface area (Å²) in [4.78, 5) is 8.41. The normalized spacial score (nSPS) is 11.4. The number of hydrogen-bond acceptors (Lipinski definition) is 8. The third kappa shape index (κ3) is 10.00. The smallest absolute Gasteiger partial charge is 0.181 e. The molecule has 42 heavy (non-hydrogen) atoms. The Labute approximate surface area is 257 Å². The summed E-state index contributed by atoms with van der Waals surface area (Å²) in [5, 5.41) is 13.7. The molecule has 8 heteroatoms. The molecule has 0 aliphatic carbocycles. The molecule has 0 amide bonds. The minimum atomic E-state index is 0.503. The van der Waals surface area contributed by atoms with E-state index in [9.17, 15) is 0 Å². The number of aromatic nitrogens is 2. The maximum atomic E-state index is 5.17. The zero-order valence-corrected chi connectivity index (χ0v) is 27.1. The van der Waals surface area contributed by atoms with Crippen LogP contribution in [0.15, 0.2) is 82.4 Å². The molecule has 3 aromatic heterocycles. The molecule has 222 valence electrons. The maximum absolute atomic E-state index is 5.17. The van der Waals surface area contributed by atoms with Gasteiger partial charge in [0, 0.05) is 42.5 Å².